The van der Waals surface area contributed by atoms with E-state index < -0.39 is 24.2 Å². The molecule has 0 fully saturated rings. The second-order valence-electron chi connectivity index (χ2n) is 15.4. The molecule has 0 aliphatic carbocycles. The molecule has 268 valence electrons. The first-order valence-corrected chi connectivity index (χ1v) is 17.5. The number of esters is 1. The van der Waals surface area contributed by atoms with Crippen molar-refractivity contribution in [2.45, 2.75) is 106 Å². The summed E-state index contributed by atoms with van der Waals surface area (Å²) in [6.45, 7) is 13.0. The largest absolute Gasteiger partial charge is 0.463 e. The molecule has 0 saturated carbocycles. The SMILES string of the molecule is CC(C)(C)CCCC(=O)CC(=O)OCCNC(=O)CC(=O)N1Cc2ccccc2-c2c(nnn2CC(=O)CCCC(C)(C)C)-c2ccccc21. The van der Waals surface area contributed by atoms with Crippen LogP contribution in [0.4, 0.5) is 5.69 Å². The van der Waals surface area contributed by atoms with Crippen molar-refractivity contribution in [3.05, 3.63) is 54.1 Å². The average Bonchev–Trinajstić information content (AvgIpc) is 3.42. The molecule has 1 N–H and O–H groups in total. The lowest BCUT2D eigenvalue weighted by Gasteiger charge is -2.28. The average molecular weight is 686 g/mol. The van der Waals surface area contributed by atoms with Gasteiger partial charge in [0.15, 0.2) is 5.78 Å². The highest BCUT2D eigenvalue weighted by Gasteiger charge is 2.30. The van der Waals surface area contributed by atoms with E-state index in [9.17, 15) is 24.0 Å². The van der Waals surface area contributed by atoms with E-state index in [0.717, 1.165) is 30.4 Å². The summed E-state index contributed by atoms with van der Waals surface area (Å²) in [6.07, 6.45) is 3.40. The third kappa shape index (κ3) is 11.2. The number of anilines is 1. The molecule has 0 spiro atoms. The van der Waals surface area contributed by atoms with Gasteiger partial charge in [-0.15, -0.1) is 5.10 Å². The number of nitrogens with one attached hydrogen (secondary N) is 1. The van der Waals surface area contributed by atoms with E-state index in [1.54, 1.807) is 9.58 Å². The lowest BCUT2D eigenvalue weighted by Crippen LogP contribution is -2.37. The Morgan fingerprint density at radius 3 is 2.10 bits per heavy atom. The number of hydrogen-bond donors (Lipinski definition) is 1. The third-order valence-electron chi connectivity index (χ3n) is 8.52. The Kier molecular flexibility index (Phi) is 12.8. The number of amides is 2. The van der Waals surface area contributed by atoms with Gasteiger partial charge < -0.3 is 15.0 Å². The van der Waals surface area contributed by atoms with Gasteiger partial charge >= 0.3 is 5.97 Å². The smallest absolute Gasteiger partial charge is 0.313 e. The molecule has 0 bridgehead atoms. The monoisotopic (exact) mass is 685 g/mol. The normalized spacial score (nSPS) is 12.6. The number of carbonyl (C=O) groups is 5. The first-order valence-electron chi connectivity index (χ1n) is 17.5. The highest BCUT2D eigenvalue weighted by atomic mass is 16.5. The number of ether oxygens (including phenoxy) is 1. The zero-order valence-corrected chi connectivity index (χ0v) is 30.3. The van der Waals surface area contributed by atoms with Crippen molar-refractivity contribution in [2.24, 2.45) is 10.8 Å². The van der Waals surface area contributed by atoms with Crippen molar-refractivity contribution in [1.82, 2.24) is 20.3 Å². The summed E-state index contributed by atoms with van der Waals surface area (Å²) < 4.78 is 6.79. The predicted octanol–water partition coefficient (Wildman–Crippen LogP) is 6.47. The summed E-state index contributed by atoms with van der Waals surface area (Å²) in [6, 6.07) is 15.0. The highest BCUT2D eigenvalue weighted by Crippen LogP contribution is 2.41. The Balaban J connectivity index is 1.41. The number of carbonyl (C=O) groups excluding carboxylic acids is 5. The minimum atomic E-state index is -0.631. The second kappa shape index (κ2) is 16.8. The zero-order chi connectivity index (χ0) is 36.5. The van der Waals surface area contributed by atoms with Gasteiger partial charge in [-0.25, -0.2) is 4.68 Å². The molecule has 50 heavy (non-hydrogen) atoms. The number of fused-ring (bicyclic) bond motifs is 5. The maximum absolute atomic E-state index is 13.7. The van der Waals surface area contributed by atoms with Crippen LogP contribution in [0.1, 0.15) is 98.5 Å². The number of ketones is 2. The van der Waals surface area contributed by atoms with Crippen LogP contribution in [0.25, 0.3) is 22.5 Å². The molecule has 1 aromatic heterocycles. The van der Waals surface area contributed by atoms with E-state index in [-0.39, 0.29) is 55.1 Å². The van der Waals surface area contributed by atoms with Crippen LogP contribution in [0.2, 0.25) is 0 Å². The van der Waals surface area contributed by atoms with Gasteiger partial charge in [0.1, 0.15) is 37.5 Å². The fourth-order valence-electron chi connectivity index (χ4n) is 5.98. The van der Waals surface area contributed by atoms with Crippen LogP contribution in [0.3, 0.4) is 0 Å². The first kappa shape index (κ1) is 38.1. The van der Waals surface area contributed by atoms with Crippen LogP contribution in [-0.2, 0) is 41.8 Å². The van der Waals surface area contributed by atoms with Gasteiger partial charge in [0.2, 0.25) is 11.8 Å². The minimum absolute atomic E-state index is 0.0108. The van der Waals surface area contributed by atoms with Crippen LogP contribution < -0.4 is 10.2 Å². The molecule has 0 atom stereocenters. The summed E-state index contributed by atoms with van der Waals surface area (Å²) in [4.78, 5) is 65.4. The Labute approximate surface area is 295 Å². The van der Waals surface area contributed by atoms with Crippen molar-refractivity contribution < 1.29 is 28.7 Å². The Morgan fingerprint density at radius 2 is 1.42 bits per heavy atom. The number of para-hydroxylation sites is 1. The molecule has 1 aliphatic rings. The standard InChI is InChI=1S/C39H51N5O6/c1-38(2,3)19-11-14-28(45)23-35(49)50-22-21-40-33(47)24-34(48)43-25-27-13-7-8-16-30(27)37-36(31-17-9-10-18-32(31)43)41-42-44(37)26-29(46)15-12-20-39(4,5)6/h7-10,13,16-18H,11-12,14-15,19-26H2,1-6H3,(H,40,47). The van der Waals surface area contributed by atoms with E-state index in [1.807, 2.05) is 48.5 Å². The summed E-state index contributed by atoms with van der Waals surface area (Å²) in [7, 11) is 0. The maximum Gasteiger partial charge on any atom is 0.313 e. The highest BCUT2D eigenvalue weighted by molar-refractivity contribution is 6.07. The molecule has 2 heterocycles. The van der Waals surface area contributed by atoms with E-state index in [1.165, 1.54) is 0 Å². The molecule has 0 saturated heterocycles. The molecule has 2 aromatic carbocycles. The molecule has 3 aromatic rings. The molecular weight excluding hydrogens is 634 g/mol. The summed E-state index contributed by atoms with van der Waals surface area (Å²) in [5, 5.41) is 11.6. The zero-order valence-electron chi connectivity index (χ0n) is 30.3. The molecule has 11 nitrogen and oxygen atoms in total. The fourth-order valence-corrected chi connectivity index (χ4v) is 5.98. The molecule has 11 heteroatoms. The maximum atomic E-state index is 13.7. The molecule has 1 aliphatic heterocycles. The summed E-state index contributed by atoms with van der Waals surface area (Å²) in [5.41, 5.74) is 4.40. The van der Waals surface area contributed by atoms with Gasteiger partial charge in [-0.2, -0.15) is 0 Å². The van der Waals surface area contributed by atoms with Crippen LogP contribution >= 0.6 is 0 Å². The summed E-state index contributed by atoms with van der Waals surface area (Å²) >= 11 is 0. The minimum Gasteiger partial charge on any atom is -0.463 e. The summed E-state index contributed by atoms with van der Waals surface area (Å²) in [5.74, 6) is -1.67. The van der Waals surface area contributed by atoms with Crippen molar-refractivity contribution in [3.8, 4) is 22.5 Å². The van der Waals surface area contributed by atoms with Crippen LogP contribution in [0.15, 0.2) is 48.5 Å². The van der Waals surface area contributed by atoms with Gasteiger partial charge in [-0.05, 0) is 48.1 Å². The van der Waals surface area contributed by atoms with Crippen molar-refractivity contribution in [1.29, 1.82) is 0 Å². The van der Waals surface area contributed by atoms with Crippen LogP contribution in [-0.4, -0.2) is 57.5 Å². The van der Waals surface area contributed by atoms with E-state index in [0.29, 0.717) is 41.9 Å². The van der Waals surface area contributed by atoms with E-state index >= 15 is 0 Å². The van der Waals surface area contributed by atoms with Gasteiger partial charge in [-0.3, -0.25) is 24.0 Å². The third-order valence-corrected chi connectivity index (χ3v) is 8.52. The first-order chi connectivity index (χ1) is 23.6. The number of Topliss-reactive ketones (excluding diaryl/α,β-unsaturated/α-hetero) is 2. The Bertz CT molecular complexity index is 1700. The van der Waals surface area contributed by atoms with Gasteiger partial charge in [-0.1, -0.05) is 89.2 Å². The molecule has 0 radical (unpaired) electrons. The number of rotatable bonds is 15. The van der Waals surface area contributed by atoms with Crippen molar-refractivity contribution >= 4 is 35.0 Å². The lowest BCUT2D eigenvalue weighted by atomic mass is 9.89. The number of benzene rings is 2. The van der Waals surface area contributed by atoms with Gasteiger partial charge in [0.25, 0.3) is 0 Å². The quantitative estimate of drug-likeness (QED) is 0.109. The Morgan fingerprint density at radius 1 is 0.800 bits per heavy atom. The van der Waals surface area contributed by atoms with Gasteiger partial charge in [0, 0.05) is 24.0 Å². The second-order valence-corrected chi connectivity index (χ2v) is 15.4. The van der Waals surface area contributed by atoms with Crippen molar-refractivity contribution in [2.75, 3.05) is 18.1 Å². The predicted molar refractivity (Wildman–Crippen MR) is 192 cm³/mol. The van der Waals surface area contributed by atoms with Gasteiger partial charge in [0.05, 0.1) is 24.5 Å². The van der Waals surface area contributed by atoms with Crippen LogP contribution in [0.5, 0.6) is 0 Å². The molecule has 4 rings (SSSR count). The van der Waals surface area contributed by atoms with E-state index in [4.69, 9.17) is 4.74 Å². The molecule has 2 amide bonds. The number of nitrogens with zero attached hydrogens (tertiary/aromatic N) is 4. The van der Waals surface area contributed by atoms with E-state index in [2.05, 4.69) is 57.2 Å². The topological polar surface area (TPSA) is 141 Å². The fraction of sp³-hybridized carbons (Fsp3) is 0.513. The Hall–Kier alpha value is -4.67. The lowest BCUT2D eigenvalue weighted by molar-refractivity contribution is -0.146. The molecular formula is C39H51N5O6. The van der Waals surface area contributed by atoms with Crippen molar-refractivity contribution in [3.63, 3.8) is 0 Å². The molecule has 0 unspecified atom stereocenters. The number of hydrogen-bond acceptors (Lipinski definition) is 8. The van der Waals surface area contributed by atoms with Crippen LogP contribution in [0, 0.1) is 10.8 Å². The number of aromatic nitrogens is 3.